The molecule has 116 valence electrons. The van der Waals surface area contributed by atoms with E-state index < -0.39 is 0 Å². The Morgan fingerprint density at radius 3 is 3.14 bits per heavy atom. The summed E-state index contributed by atoms with van der Waals surface area (Å²) in [6.07, 6.45) is 4.25. The largest absolute Gasteiger partial charge is 0.373 e. The molecule has 1 fully saturated rings. The van der Waals surface area contributed by atoms with Crippen molar-refractivity contribution in [3.05, 3.63) is 40.0 Å². The molecule has 6 heteroatoms. The van der Waals surface area contributed by atoms with Gasteiger partial charge in [0, 0.05) is 25.2 Å². The van der Waals surface area contributed by atoms with E-state index in [-0.39, 0.29) is 11.9 Å². The Hall–Kier alpha value is -1.95. The van der Waals surface area contributed by atoms with E-state index in [4.69, 9.17) is 0 Å². The molecule has 0 bridgehead atoms. The smallest absolute Gasteiger partial charge is 0.229 e. The molecule has 2 aromatic heterocycles. The van der Waals surface area contributed by atoms with Crippen LogP contribution in [0.3, 0.4) is 0 Å². The van der Waals surface area contributed by atoms with Gasteiger partial charge in [0.2, 0.25) is 5.91 Å². The summed E-state index contributed by atoms with van der Waals surface area (Å²) < 4.78 is 0. The lowest BCUT2D eigenvalue weighted by Gasteiger charge is -2.25. The number of nitrogens with one attached hydrogen (secondary N) is 1. The molecular formula is C16H20N4OS. The number of anilines is 1. The molecule has 0 saturated carbocycles. The second-order valence-electron chi connectivity index (χ2n) is 5.50. The molecule has 2 aromatic rings. The van der Waals surface area contributed by atoms with E-state index in [1.165, 1.54) is 0 Å². The highest BCUT2D eigenvalue weighted by Gasteiger charge is 2.30. The minimum Gasteiger partial charge on any atom is -0.373 e. The summed E-state index contributed by atoms with van der Waals surface area (Å²) in [6.45, 7) is 2.79. The molecule has 0 aromatic carbocycles. The van der Waals surface area contributed by atoms with Crippen LogP contribution in [0.1, 0.15) is 35.1 Å². The Bertz CT molecular complexity index is 670. The lowest BCUT2D eigenvalue weighted by Crippen LogP contribution is -2.32. The maximum atomic E-state index is 12.6. The van der Waals surface area contributed by atoms with Crippen LogP contribution in [-0.2, 0) is 11.2 Å². The lowest BCUT2D eigenvalue weighted by molar-refractivity contribution is -0.131. The zero-order valence-electron chi connectivity index (χ0n) is 12.9. The van der Waals surface area contributed by atoms with E-state index in [9.17, 15) is 4.79 Å². The number of hydrogen-bond donors (Lipinski definition) is 1. The molecule has 1 atom stereocenters. The number of amides is 1. The SMILES string of the molecule is CNc1cc(C2CCCN2C(=O)Cc2csc(C)n2)ccn1. The van der Waals surface area contributed by atoms with Crippen LogP contribution in [0.4, 0.5) is 5.82 Å². The third-order valence-corrected chi connectivity index (χ3v) is 4.82. The molecule has 0 spiro atoms. The van der Waals surface area contributed by atoms with Gasteiger partial charge in [0.25, 0.3) is 0 Å². The molecule has 1 unspecified atom stereocenters. The first-order valence-corrected chi connectivity index (χ1v) is 8.39. The molecule has 1 N–H and O–H groups in total. The van der Waals surface area contributed by atoms with Crippen LogP contribution in [0.2, 0.25) is 0 Å². The summed E-state index contributed by atoms with van der Waals surface area (Å²) >= 11 is 1.59. The fourth-order valence-corrected chi connectivity index (χ4v) is 3.56. The minimum atomic E-state index is 0.155. The Balaban J connectivity index is 1.75. The fourth-order valence-electron chi connectivity index (χ4n) is 2.95. The number of pyridine rings is 1. The van der Waals surface area contributed by atoms with Gasteiger partial charge in [0.1, 0.15) is 5.82 Å². The summed E-state index contributed by atoms with van der Waals surface area (Å²) in [5.41, 5.74) is 2.03. The highest BCUT2D eigenvalue weighted by molar-refractivity contribution is 7.09. The second-order valence-corrected chi connectivity index (χ2v) is 6.57. The zero-order chi connectivity index (χ0) is 15.5. The van der Waals surface area contributed by atoms with E-state index >= 15 is 0 Å². The van der Waals surface area contributed by atoms with Gasteiger partial charge in [-0.3, -0.25) is 4.79 Å². The van der Waals surface area contributed by atoms with E-state index in [0.717, 1.165) is 41.5 Å². The number of carbonyl (C=O) groups excluding carboxylic acids is 1. The van der Waals surface area contributed by atoms with Crippen molar-refractivity contribution in [1.29, 1.82) is 0 Å². The van der Waals surface area contributed by atoms with Crippen molar-refractivity contribution in [2.75, 3.05) is 18.9 Å². The number of rotatable bonds is 4. The quantitative estimate of drug-likeness (QED) is 0.942. The van der Waals surface area contributed by atoms with E-state index in [1.54, 1.807) is 17.5 Å². The summed E-state index contributed by atoms with van der Waals surface area (Å²) in [4.78, 5) is 23.3. The molecule has 5 nitrogen and oxygen atoms in total. The number of aryl methyl sites for hydroxylation is 1. The number of nitrogens with zero attached hydrogens (tertiary/aromatic N) is 3. The van der Waals surface area contributed by atoms with Crippen molar-refractivity contribution in [3.8, 4) is 0 Å². The van der Waals surface area contributed by atoms with Crippen LogP contribution in [0.5, 0.6) is 0 Å². The van der Waals surface area contributed by atoms with Gasteiger partial charge >= 0.3 is 0 Å². The third-order valence-electron chi connectivity index (χ3n) is 4.00. The topological polar surface area (TPSA) is 58.1 Å². The molecule has 3 rings (SSSR count). The third kappa shape index (κ3) is 3.11. The van der Waals surface area contributed by atoms with Crippen molar-refractivity contribution in [2.24, 2.45) is 0 Å². The maximum absolute atomic E-state index is 12.6. The molecular weight excluding hydrogens is 296 g/mol. The van der Waals surface area contributed by atoms with Crippen molar-refractivity contribution in [3.63, 3.8) is 0 Å². The van der Waals surface area contributed by atoms with Crippen molar-refractivity contribution in [2.45, 2.75) is 32.2 Å². The molecule has 1 amide bonds. The number of aromatic nitrogens is 2. The van der Waals surface area contributed by atoms with Gasteiger partial charge in [0.15, 0.2) is 0 Å². The van der Waals surface area contributed by atoms with Crippen LogP contribution >= 0.6 is 11.3 Å². The van der Waals surface area contributed by atoms with E-state index in [2.05, 4.69) is 15.3 Å². The van der Waals surface area contributed by atoms with Crippen LogP contribution < -0.4 is 5.32 Å². The molecule has 22 heavy (non-hydrogen) atoms. The molecule has 3 heterocycles. The summed E-state index contributed by atoms with van der Waals surface area (Å²) in [5.74, 6) is 1.00. The second kappa shape index (κ2) is 6.44. The zero-order valence-corrected chi connectivity index (χ0v) is 13.7. The van der Waals surface area contributed by atoms with Gasteiger partial charge in [-0.15, -0.1) is 11.3 Å². The van der Waals surface area contributed by atoms with Gasteiger partial charge < -0.3 is 10.2 Å². The van der Waals surface area contributed by atoms with Gasteiger partial charge in [-0.25, -0.2) is 9.97 Å². The Kier molecular flexibility index (Phi) is 4.38. The molecule has 1 aliphatic heterocycles. The van der Waals surface area contributed by atoms with E-state index in [1.807, 2.05) is 36.4 Å². The highest BCUT2D eigenvalue weighted by Crippen LogP contribution is 2.33. The average Bonchev–Trinajstić information content (AvgIpc) is 3.16. The predicted octanol–water partition coefficient (Wildman–Crippen LogP) is 2.79. The molecule has 0 radical (unpaired) electrons. The van der Waals surface area contributed by atoms with Gasteiger partial charge in [-0.05, 0) is 37.5 Å². The number of likely N-dealkylation sites (tertiary alicyclic amines) is 1. The fraction of sp³-hybridized carbons (Fsp3) is 0.438. The van der Waals surface area contributed by atoms with Crippen molar-refractivity contribution >= 4 is 23.1 Å². The van der Waals surface area contributed by atoms with Gasteiger partial charge in [-0.2, -0.15) is 0 Å². The monoisotopic (exact) mass is 316 g/mol. The maximum Gasteiger partial charge on any atom is 0.229 e. The van der Waals surface area contributed by atoms with Crippen LogP contribution in [0.25, 0.3) is 0 Å². The minimum absolute atomic E-state index is 0.155. The lowest BCUT2D eigenvalue weighted by atomic mass is 10.1. The van der Waals surface area contributed by atoms with E-state index in [0.29, 0.717) is 6.42 Å². The molecule has 0 aliphatic carbocycles. The number of carbonyl (C=O) groups is 1. The first kappa shape index (κ1) is 15.0. The predicted molar refractivity (Wildman–Crippen MR) is 88.0 cm³/mol. The first-order valence-electron chi connectivity index (χ1n) is 7.51. The van der Waals surface area contributed by atoms with Gasteiger partial charge in [0.05, 0.1) is 23.2 Å². The number of thiazole rings is 1. The summed E-state index contributed by atoms with van der Waals surface area (Å²) in [5, 5.41) is 6.04. The standard InChI is InChI=1S/C16H20N4OS/c1-11-19-13(10-22-11)9-16(21)20-7-3-4-14(20)12-5-6-18-15(8-12)17-2/h5-6,8,10,14H,3-4,7,9H2,1-2H3,(H,17,18). The average molecular weight is 316 g/mol. The van der Waals surface area contributed by atoms with Crippen molar-refractivity contribution in [1.82, 2.24) is 14.9 Å². The Morgan fingerprint density at radius 1 is 1.55 bits per heavy atom. The summed E-state index contributed by atoms with van der Waals surface area (Å²) in [7, 11) is 1.86. The van der Waals surface area contributed by atoms with Gasteiger partial charge in [-0.1, -0.05) is 0 Å². The Labute approximate surface area is 134 Å². The van der Waals surface area contributed by atoms with Crippen LogP contribution in [0, 0.1) is 6.92 Å². The molecule has 1 saturated heterocycles. The highest BCUT2D eigenvalue weighted by atomic mass is 32.1. The van der Waals surface area contributed by atoms with Crippen LogP contribution in [-0.4, -0.2) is 34.4 Å². The summed E-state index contributed by atoms with van der Waals surface area (Å²) in [6, 6.07) is 4.19. The molecule has 1 aliphatic rings. The van der Waals surface area contributed by atoms with Crippen LogP contribution in [0.15, 0.2) is 23.7 Å². The normalized spacial score (nSPS) is 17.7. The number of hydrogen-bond acceptors (Lipinski definition) is 5. The first-order chi connectivity index (χ1) is 10.7. The van der Waals surface area contributed by atoms with Crippen molar-refractivity contribution < 1.29 is 4.79 Å². The Morgan fingerprint density at radius 2 is 2.41 bits per heavy atom.